The van der Waals surface area contributed by atoms with Crippen LogP contribution in [0.4, 0.5) is 5.69 Å². The van der Waals surface area contributed by atoms with E-state index in [1.54, 1.807) is 6.07 Å². The molecule has 1 aliphatic carbocycles. The smallest absolute Gasteiger partial charge is 0.0992 e. The van der Waals surface area contributed by atoms with Crippen LogP contribution in [0, 0.1) is 11.3 Å². The zero-order valence-corrected chi connectivity index (χ0v) is 11.0. The third-order valence-electron chi connectivity index (χ3n) is 3.74. The minimum atomic E-state index is 0.482. The van der Waals surface area contributed by atoms with Crippen LogP contribution in [-0.2, 0) is 0 Å². The Hall–Kier alpha value is -1.24. The highest BCUT2D eigenvalue weighted by atomic mass is 35.5. The fraction of sp³-hybridized carbons (Fsp3) is 0.500. The summed E-state index contributed by atoms with van der Waals surface area (Å²) in [6.07, 6.45) is 3.90. The van der Waals surface area contributed by atoms with Gasteiger partial charge >= 0.3 is 0 Å². The lowest BCUT2D eigenvalue weighted by molar-refractivity contribution is 0.326. The molecule has 1 unspecified atom stereocenters. The van der Waals surface area contributed by atoms with E-state index in [-0.39, 0.29) is 0 Å². The Bertz CT molecular complexity index is 490. The van der Waals surface area contributed by atoms with Crippen molar-refractivity contribution in [2.45, 2.75) is 31.3 Å². The molecule has 2 fully saturated rings. The quantitative estimate of drug-likeness (QED) is 0.909. The van der Waals surface area contributed by atoms with Gasteiger partial charge in [0, 0.05) is 25.2 Å². The molecule has 0 amide bonds. The molecule has 1 saturated heterocycles. The molecule has 1 heterocycles. The number of likely N-dealkylation sites (tertiary alicyclic amines) is 1. The normalized spacial score (nSPS) is 23.9. The van der Waals surface area contributed by atoms with Crippen LogP contribution in [0.2, 0.25) is 5.02 Å². The van der Waals surface area contributed by atoms with Gasteiger partial charge in [0.25, 0.3) is 0 Å². The number of anilines is 1. The third kappa shape index (κ3) is 2.45. The fourth-order valence-corrected chi connectivity index (χ4v) is 2.83. The molecular weight excluding hydrogens is 246 g/mol. The number of nitriles is 1. The van der Waals surface area contributed by atoms with E-state index in [2.05, 4.69) is 16.3 Å². The third-order valence-corrected chi connectivity index (χ3v) is 4.05. The van der Waals surface area contributed by atoms with Crippen molar-refractivity contribution in [1.82, 2.24) is 4.90 Å². The number of nitrogens with zero attached hydrogens (tertiary/aromatic N) is 2. The molecule has 1 aromatic rings. The summed E-state index contributed by atoms with van der Waals surface area (Å²) in [4.78, 5) is 2.56. The van der Waals surface area contributed by atoms with Crippen LogP contribution in [0.3, 0.4) is 0 Å². The maximum atomic E-state index is 8.80. The lowest BCUT2D eigenvalue weighted by Gasteiger charge is -2.17. The van der Waals surface area contributed by atoms with E-state index in [9.17, 15) is 0 Å². The van der Waals surface area contributed by atoms with Crippen molar-refractivity contribution in [3.8, 4) is 6.07 Å². The van der Waals surface area contributed by atoms with Crippen LogP contribution in [0.1, 0.15) is 24.8 Å². The second-order valence-electron chi connectivity index (χ2n) is 5.16. The molecule has 0 spiro atoms. The summed E-state index contributed by atoms with van der Waals surface area (Å²) in [5.41, 5.74) is 1.55. The summed E-state index contributed by atoms with van der Waals surface area (Å²) < 4.78 is 0. The van der Waals surface area contributed by atoms with E-state index in [1.165, 1.54) is 25.8 Å². The predicted octanol–water partition coefficient (Wildman–Crippen LogP) is 2.86. The van der Waals surface area contributed by atoms with Crippen molar-refractivity contribution < 1.29 is 0 Å². The van der Waals surface area contributed by atoms with E-state index in [0.29, 0.717) is 16.6 Å². The number of rotatable bonds is 3. The molecule has 1 saturated carbocycles. The van der Waals surface area contributed by atoms with Gasteiger partial charge in [-0.05, 0) is 37.5 Å². The van der Waals surface area contributed by atoms with Crippen molar-refractivity contribution >= 4 is 17.3 Å². The van der Waals surface area contributed by atoms with Gasteiger partial charge in [-0.1, -0.05) is 11.6 Å². The molecule has 3 rings (SSSR count). The molecule has 2 aliphatic rings. The number of nitrogens with one attached hydrogen (secondary N) is 1. The molecule has 3 nitrogen and oxygen atoms in total. The predicted molar refractivity (Wildman–Crippen MR) is 72.8 cm³/mol. The average Bonchev–Trinajstić information content (AvgIpc) is 3.13. The Morgan fingerprint density at radius 3 is 2.83 bits per heavy atom. The van der Waals surface area contributed by atoms with Crippen molar-refractivity contribution in [3.05, 3.63) is 28.8 Å². The first-order valence-corrected chi connectivity index (χ1v) is 6.84. The maximum Gasteiger partial charge on any atom is 0.0992 e. The maximum absolute atomic E-state index is 8.80. The first kappa shape index (κ1) is 11.8. The van der Waals surface area contributed by atoms with Gasteiger partial charge in [-0.15, -0.1) is 0 Å². The van der Waals surface area contributed by atoms with Crippen molar-refractivity contribution in [1.29, 1.82) is 5.26 Å². The first-order valence-electron chi connectivity index (χ1n) is 6.46. The minimum Gasteiger partial charge on any atom is -0.380 e. The fourth-order valence-electron chi connectivity index (χ4n) is 2.60. The van der Waals surface area contributed by atoms with Crippen LogP contribution in [-0.4, -0.2) is 30.1 Å². The lowest BCUT2D eigenvalue weighted by atomic mass is 10.2. The first-order chi connectivity index (χ1) is 8.76. The van der Waals surface area contributed by atoms with Gasteiger partial charge in [-0.2, -0.15) is 5.26 Å². The van der Waals surface area contributed by atoms with E-state index in [0.717, 1.165) is 18.3 Å². The highest BCUT2D eigenvalue weighted by Crippen LogP contribution is 2.31. The van der Waals surface area contributed by atoms with E-state index in [1.807, 2.05) is 12.1 Å². The zero-order valence-electron chi connectivity index (χ0n) is 10.2. The molecule has 0 aromatic heterocycles. The number of hydrogen-bond acceptors (Lipinski definition) is 3. The Morgan fingerprint density at radius 2 is 2.17 bits per heavy atom. The summed E-state index contributed by atoms with van der Waals surface area (Å²) in [6, 6.07) is 8.85. The van der Waals surface area contributed by atoms with Crippen LogP contribution >= 0.6 is 11.6 Å². The van der Waals surface area contributed by atoms with Gasteiger partial charge in [0.15, 0.2) is 0 Å². The number of benzene rings is 1. The van der Waals surface area contributed by atoms with Crippen LogP contribution in [0.15, 0.2) is 18.2 Å². The summed E-state index contributed by atoms with van der Waals surface area (Å²) >= 11 is 6.17. The van der Waals surface area contributed by atoms with Gasteiger partial charge in [0.2, 0.25) is 0 Å². The summed E-state index contributed by atoms with van der Waals surface area (Å²) in [7, 11) is 0. The second-order valence-corrected chi connectivity index (χ2v) is 5.57. The molecule has 0 radical (unpaired) electrons. The van der Waals surface area contributed by atoms with Gasteiger partial charge in [0.05, 0.1) is 22.3 Å². The Kier molecular flexibility index (Phi) is 3.15. The Labute approximate surface area is 112 Å². The molecular formula is C14H16ClN3. The van der Waals surface area contributed by atoms with Crippen molar-refractivity contribution in [2.24, 2.45) is 0 Å². The minimum absolute atomic E-state index is 0.482. The second kappa shape index (κ2) is 4.79. The number of halogens is 1. The molecule has 18 heavy (non-hydrogen) atoms. The average molecular weight is 262 g/mol. The van der Waals surface area contributed by atoms with Crippen molar-refractivity contribution in [2.75, 3.05) is 18.4 Å². The lowest BCUT2D eigenvalue weighted by Crippen LogP contribution is -2.27. The summed E-state index contributed by atoms with van der Waals surface area (Å²) in [6.45, 7) is 2.30. The van der Waals surface area contributed by atoms with Gasteiger partial charge in [-0.25, -0.2) is 0 Å². The summed E-state index contributed by atoms with van der Waals surface area (Å²) in [5, 5.41) is 12.9. The van der Waals surface area contributed by atoms with Crippen LogP contribution in [0.5, 0.6) is 0 Å². The Balaban J connectivity index is 1.64. The molecule has 4 heteroatoms. The topological polar surface area (TPSA) is 39.1 Å². The highest BCUT2D eigenvalue weighted by Gasteiger charge is 2.34. The van der Waals surface area contributed by atoms with Crippen LogP contribution in [0.25, 0.3) is 0 Å². The van der Waals surface area contributed by atoms with Crippen molar-refractivity contribution in [3.63, 3.8) is 0 Å². The highest BCUT2D eigenvalue weighted by molar-refractivity contribution is 6.33. The van der Waals surface area contributed by atoms with E-state index < -0.39 is 0 Å². The molecule has 1 N–H and O–H groups in total. The van der Waals surface area contributed by atoms with E-state index >= 15 is 0 Å². The van der Waals surface area contributed by atoms with Crippen LogP contribution < -0.4 is 5.32 Å². The standard InChI is InChI=1S/C14H16ClN3/c15-13-7-10(8-16)1-4-14(13)17-11-5-6-18(9-11)12-2-3-12/h1,4,7,11-12,17H,2-3,5-6,9H2. The zero-order chi connectivity index (χ0) is 12.5. The molecule has 94 valence electrons. The largest absolute Gasteiger partial charge is 0.380 e. The molecule has 1 aromatic carbocycles. The SMILES string of the molecule is N#Cc1ccc(NC2CCN(C3CC3)C2)c(Cl)c1. The molecule has 0 bridgehead atoms. The molecule has 1 aliphatic heterocycles. The molecule has 1 atom stereocenters. The van der Waals surface area contributed by atoms with E-state index in [4.69, 9.17) is 16.9 Å². The van der Waals surface area contributed by atoms with Gasteiger partial charge in [0.1, 0.15) is 0 Å². The monoisotopic (exact) mass is 261 g/mol. The van der Waals surface area contributed by atoms with Gasteiger partial charge < -0.3 is 5.32 Å². The number of hydrogen-bond donors (Lipinski definition) is 1. The van der Waals surface area contributed by atoms with Gasteiger partial charge in [-0.3, -0.25) is 4.90 Å². The summed E-state index contributed by atoms with van der Waals surface area (Å²) in [5.74, 6) is 0. The Morgan fingerprint density at radius 1 is 1.33 bits per heavy atom.